The highest BCUT2D eigenvalue weighted by Crippen LogP contribution is 2.15. The summed E-state index contributed by atoms with van der Waals surface area (Å²) in [6.45, 7) is 5.40. The number of urea groups is 1. The van der Waals surface area contributed by atoms with Crippen LogP contribution < -0.4 is 10.6 Å². The maximum Gasteiger partial charge on any atom is 0.335 e. The standard InChI is InChI=1S/C15H21N3O3/c1-11-10-12(4-5-13(11)14(19)20)17-15(21)16-6-9-18-7-2-3-8-18/h4-5,10H,2-3,6-9H2,1H3,(H,19,20)(H2,16,17,21). The number of amides is 2. The van der Waals surface area contributed by atoms with Crippen molar-refractivity contribution >= 4 is 17.7 Å². The van der Waals surface area contributed by atoms with E-state index in [1.54, 1.807) is 19.1 Å². The van der Waals surface area contributed by atoms with Gasteiger partial charge in [-0.15, -0.1) is 0 Å². The number of rotatable bonds is 5. The van der Waals surface area contributed by atoms with E-state index in [0.29, 0.717) is 17.8 Å². The molecule has 0 unspecified atom stereocenters. The first-order valence-electron chi connectivity index (χ1n) is 7.17. The minimum atomic E-state index is -0.964. The van der Waals surface area contributed by atoms with E-state index in [1.165, 1.54) is 18.9 Å². The predicted octanol–water partition coefficient (Wildman–Crippen LogP) is 1.91. The van der Waals surface area contributed by atoms with Gasteiger partial charge < -0.3 is 20.6 Å². The van der Waals surface area contributed by atoms with Gasteiger partial charge in [0.2, 0.25) is 0 Å². The predicted molar refractivity (Wildman–Crippen MR) is 80.8 cm³/mol. The Hall–Kier alpha value is -2.08. The zero-order valence-corrected chi connectivity index (χ0v) is 12.2. The molecule has 114 valence electrons. The van der Waals surface area contributed by atoms with Crippen LogP contribution in [0.3, 0.4) is 0 Å². The van der Waals surface area contributed by atoms with Crippen molar-refractivity contribution in [3.8, 4) is 0 Å². The lowest BCUT2D eigenvalue weighted by molar-refractivity contribution is 0.0696. The van der Waals surface area contributed by atoms with Crippen molar-refractivity contribution in [3.05, 3.63) is 29.3 Å². The van der Waals surface area contributed by atoms with Gasteiger partial charge in [0.05, 0.1) is 5.56 Å². The van der Waals surface area contributed by atoms with Gasteiger partial charge >= 0.3 is 12.0 Å². The number of benzene rings is 1. The third kappa shape index (κ3) is 4.46. The third-order valence-corrected chi connectivity index (χ3v) is 3.63. The van der Waals surface area contributed by atoms with Crippen LogP contribution in [0.25, 0.3) is 0 Å². The largest absolute Gasteiger partial charge is 0.478 e. The van der Waals surface area contributed by atoms with Crippen LogP contribution in [-0.2, 0) is 0 Å². The summed E-state index contributed by atoms with van der Waals surface area (Å²) in [6.07, 6.45) is 2.47. The maximum absolute atomic E-state index is 11.8. The molecule has 1 heterocycles. The molecule has 0 spiro atoms. The molecule has 0 aliphatic carbocycles. The fourth-order valence-electron chi connectivity index (χ4n) is 2.49. The number of carbonyl (C=O) groups is 2. The van der Waals surface area contributed by atoms with E-state index in [0.717, 1.165) is 19.6 Å². The van der Waals surface area contributed by atoms with Crippen LogP contribution in [-0.4, -0.2) is 48.2 Å². The highest BCUT2D eigenvalue weighted by atomic mass is 16.4. The van der Waals surface area contributed by atoms with Crippen molar-refractivity contribution in [2.75, 3.05) is 31.5 Å². The molecule has 1 saturated heterocycles. The Kier molecular flexibility index (Phi) is 5.16. The normalized spacial score (nSPS) is 14.9. The molecule has 1 aliphatic heterocycles. The Labute approximate surface area is 124 Å². The summed E-state index contributed by atoms with van der Waals surface area (Å²) in [6, 6.07) is 4.48. The van der Waals surface area contributed by atoms with Crippen LogP contribution in [0.1, 0.15) is 28.8 Å². The van der Waals surface area contributed by atoms with E-state index in [4.69, 9.17) is 5.11 Å². The summed E-state index contributed by atoms with van der Waals surface area (Å²) in [5.74, 6) is -0.964. The van der Waals surface area contributed by atoms with Crippen LogP contribution in [0.5, 0.6) is 0 Å². The van der Waals surface area contributed by atoms with Gasteiger partial charge in [-0.3, -0.25) is 0 Å². The van der Waals surface area contributed by atoms with Gasteiger partial charge in [0.15, 0.2) is 0 Å². The molecule has 1 aliphatic rings. The van der Waals surface area contributed by atoms with Crippen molar-refractivity contribution in [3.63, 3.8) is 0 Å². The lowest BCUT2D eigenvalue weighted by atomic mass is 10.1. The van der Waals surface area contributed by atoms with Crippen molar-refractivity contribution < 1.29 is 14.7 Å². The van der Waals surface area contributed by atoms with E-state index in [2.05, 4.69) is 15.5 Å². The first kappa shape index (κ1) is 15.3. The molecular weight excluding hydrogens is 270 g/mol. The number of carboxylic acids is 1. The van der Waals surface area contributed by atoms with E-state index in [9.17, 15) is 9.59 Å². The molecule has 0 atom stereocenters. The Morgan fingerprint density at radius 1 is 1.29 bits per heavy atom. The maximum atomic E-state index is 11.8. The molecule has 2 amide bonds. The molecule has 1 fully saturated rings. The van der Waals surface area contributed by atoms with Gasteiger partial charge in [-0.25, -0.2) is 9.59 Å². The fourth-order valence-corrected chi connectivity index (χ4v) is 2.49. The monoisotopic (exact) mass is 291 g/mol. The van der Waals surface area contributed by atoms with Gasteiger partial charge in [-0.1, -0.05) is 0 Å². The molecule has 2 rings (SSSR count). The summed E-state index contributed by atoms with van der Waals surface area (Å²) in [5, 5.41) is 14.5. The molecule has 21 heavy (non-hydrogen) atoms. The van der Waals surface area contributed by atoms with E-state index < -0.39 is 5.97 Å². The topological polar surface area (TPSA) is 81.7 Å². The molecule has 0 aromatic heterocycles. The van der Waals surface area contributed by atoms with Crippen LogP contribution in [0.2, 0.25) is 0 Å². The quantitative estimate of drug-likeness (QED) is 0.774. The number of likely N-dealkylation sites (tertiary alicyclic amines) is 1. The summed E-state index contributed by atoms with van der Waals surface area (Å²) >= 11 is 0. The van der Waals surface area contributed by atoms with Crippen LogP contribution in [0.4, 0.5) is 10.5 Å². The zero-order chi connectivity index (χ0) is 15.2. The van der Waals surface area contributed by atoms with Crippen LogP contribution >= 0.6 is 0 Å². The van der Waals surface area contributed by atoms with Crippen molar-refractivity contribution in [2.45, 2.75) is 19.8 Å². The van der Waals surface area contributed by atoms with Gasteiger partial charge in [0, 0.05) is 18.8 Å². The average molecular weight is 291 g/mol. The molecule has 6 heteroatoms. The molecule has 0 radical (unpaired) electrons. The fraction of sp³-hybridized carbons (Fsp3) is 0.467. The van der Waals surface area contributed by atoms with E-state index in [-0.39, 0.29) is 11.6 Å². The molecule has 1 aromatic carbocycles. The molecular formula is C15H21N3O3. The second kappa shape index (κ2) is 7.08. The molecule has 0 saturated carbocycles. The second-order valence-corrected chi connectivity index (χ2v) is 5.26. The number of nitrogens with one attached hydrogen (secondary N) is 2. The lowest BCUT2D eigenvalue weighted by Crippen LogP contribution is -2.35. The van der Waals surface area contributed by atoms with Crippen molar-refractivity contribution in [1.29, 1.82) is 0 Å². The summed E-state index contributed by atoms with van der Waals surface area (Å²) < 4.78 is 0. The second-order valence-electron chi connectivity index (χ2n) is 5.26. The Balaban J connectivity index is 1.79. The molecule has 3 N–H and O–H groups in total. The molecule has 6 nitrogen and oxygen atoms in total. The number of aryl methyl sites for hydroxylation is 1. The van der Waals surface area contributed by atoms with Crippen molar-refractivity contribution in [2.24, 2.45) is 0 Å². The SMILES string of the molecule is Cc1cc(NC(=O)NCCN2CCCC2)ccc1C(=O)O. The molecule has 0 bridgehead atoms. The van der Waals surface area contributed by atoms with Gasteiger partial charge in [0.25, 0.3) is 0 Å². The number of anilines is 1. The van der Waals surface area contributed by atoms with Crippen LogP contribution in [0, 0.1) is 6.92 Å². The van der Waals surface area contributed by atoms with Gasteiger partial charge in [0.1, 0.15) is 0 Å². The Morgan fingerprint density at radius 3 is 2.62 bits per heavy atom. The Bertz CT molecular complexity index is 525. The lowest BCUT2D eigenvalue weighted by Gasteiger charge is -2.15. The van der Waals surface area contributed by atoms with Gasteiger partial charge in [-0.05, 0) is 56.6 Å². The Morgan fingerprint density at radius 2 is 2.00 bits per heavy atom. The number of carboxylic acid groups (broad SMARTS) is 1. The first-order valence-corrected chi connectivity index (χ1v) is 7.17. The third-order valence-electron chi connectivity index (χ3n) is 3.63. The van der Waals surface area contributed by atoms with Crippen molar-refractivity contribution in [1.82, 2.24) is 10.2 Å². The smallest absolute Gasteiger partial charge is 0.335 e. The number of aromatic carboxylic acids is 1. The van der Waals surface area contributed by atoms with Crippen LogP contribution in [0.15, 0.2) is 18.2 Å². The minimum absolute atomic E-state index is 0.245. The first-order chi connectivity index (χ1) is 10.1. The number of hydrogen-bond donors (Lipinski definition) is 3. The minimum Gasteiger partial charge on any atom is -0.478 e. The number of carbonyl (C=O) groups excluding carboxylic acids is 1. The van der Waals surface area contributed by atoms with Gasteiger partial charge in [-0.2, -0.15) is 0 Å². The highest BCUT2D eigenvalue weighted by Gasteiger charge is 2.11. The average Bonchev–Trinajstić information content (AvgIpc) is 2.91. The zero-order valence-electron chi connectivity index (χ0n) is 12.2. The van der Waals surface area contributed by atoms with E-state index in [1.807, 2.05) is 0 Å². The van der Waals surface area contributed by atoms with E-state index >= 15 is 0 Å². The summed E-state index contributed by atoms with van der Waals surface area (Å²) in [4.78, 5) is 25.0. The number of hydrogen-bond acceptors (Lipinski definition) is 3. The number of nitrogens with zero attached hydrogens (tertiary/aromatic N) is 1. The molecule has 1 aromatic rings. The summed E-state index contributed by atoms with van der Waals surface area (Å²) in [5.41, 5.74) is 1.46. The highest BCUT2D eigenvalue weighted by molar-refractivity contribution is 5.92. The summed E-state index contributed by atoms with van der Waals surface area (Å²) in [7, 11) is 0.